The quantitative estimate of drug-likeness (QED) is 0.728. The number of benzene rings is 1. The zero-order valence-electron chi connectivity index (χ0n) is 8.91. The highest BCUT2D eigenvalue weighted by atomic mass is 15.3. The summed E-state index contributed by atoms with van der Waals surface area (Å²) in [5, 5.41) is 3.32. The fourth-order valence-corrected chi connectivity index (χ4v) is 1.79. The molecule has 0 fully saturated rings. The molecule has 0 saturated heterocycles. The van der Waals surface area contributed by atoms with E-state index < -0.39 is 0 Å². The SMILES string of the molecule is Cc1ccccc1N1C=CNC1(C)C. The van der Waals surface area contributed by atoms with Gasteiger partial charge in [0.25, 0.3) is 0 Å². The van der Waals surface area contributed by atoms with Crippen molar-refractivity contribution in [2.24, 2.45) is 0 Å². The topological polar surface area (TPSA) is 15.3 Å². The van der Waals surface area contributed by atoms with Crippen molar-refractivity contribution < 1.29 is 0 Å². The minimum Gasteiger partial charge on any atom is -0.368 e. The lowest BCUT2D eigenvalue weighted by Crippen LogP contribution is -2.45. The van der Waals surface area contributed by atoms with Crippen molar-refractivity contribution in [1.82, 2.24) is 5.32 Å². The van der Waals surface area contributed by atoms with Gasteiger partial charge in [0.05, 0.1) is 0 Å². The molecule has 1 aliphatic heterocycles. The van der Waals surface area contributed by atoms with Crippen LogP contribution in [0.5, 0.6) is 0 Å². The molecule has 0 aliphatic carbocycles. The fraction of sp³-hybridized carbons (Fsp3) is 0.333. The molecule has 0 atom stereocenters. The van der Waals surface area contributed by atoms with Gasteiger partial charge in [0.15, 0.2) is 0 Å². The normalized spacial score (nSPS) is 18.4. The molecule has 1 aliphatic rings. The van der Waals surface area contributed by atoms with Gasteiger partial charge in [0, 0.05) is 18.1 Å². The third kappa shape index (κ3) is 1.37. The predicted octanol–water partition coefficient (Wildman–Crippen LogP) is 2.61. The van der Waals surface area contributed by atoms with Crippen molar-refractivity contribution >= 4 is 5.69 Å². The van der Waals surface area contributed by atoms with E-state index in [1.165, 1.54) is 11.3 Å². The molecule has 2 nitrogen and oxygen atoms in total. The minimum atomic E-state index is -0.0217. The number of anilines is 1. The first-order valence-electron chi connectivity index (χ1n) is 4.90. The Bertz CT molecular complexity index is 366. The summed E-state index contributed by atoms with van der Waals surface area (Å²) in [6.07, 6.45) is 4.08. The Morgan fingerprint density at radius 3 is 2.50 bits per heavy atom. The lowest BCUT2D eigenvalue weighted by Gasteiger charge is -2.33. The van der Waals surface area contributed by atoms with E-state index in [1.807, 2.05) is 6.20 Å². The number of hydrogen-bond donors (Lipinski definition) is 1. The zero-order valence-corrected chi connectivity index (χ0v) is 8.91. The molecule has 0 spiro atoms. The molecule has 74 valence electrons. The van der Waals surface area contributed by atoms with E-state index in [0.717, 1.165) is 0 Å². The summed E-state index contributed by atoms with van der Waals surface area (Å²) < 4.78 is 0. The number of rotatable bonds is 1. The van der Waals surface area contributed by atoms with E-state index in [0.29, 0.717) is 0 Å². The Hall–Kier alpha value is -1.44. The maximum atomic E-state index is 3.32. The Labute approximate surface area is 85.2 Å². The van der Waals surface area contributed by atoms with Crippen LogP contribution in [0.2, 0.25) is 0 Å². The van der Waals surface area contributed by atoms with Crippen LogP contribution in [0.25, 0.3) is 0 Å². The van der Waals surface area contributed by atoms with Gasteiger partial charge < -0.3 is 10.2 Å². The lowest BCUT2D eigenvalue weighted by atomic mass is 10.1. The van der Waals surface area contributed by atoms with Crippen molar-refractivity contribution in [2.75, 3.05) is 4.90 Å². The highest BCUT2D eigenvalue weighted by Crippen LogP contribution is 2.28. The van der Waals surface area contributed by atoms with Crippen LogP contribution in [0.1, 0.15) is 19.4 Å². The first-order valence-corrected chi connectivity index (χ1v) is 4.90. The molecule has 0 amide bonds. The second-order valence-electron chi connectivity index (χ2n) is 4.18. The summed E-state index contributed by atoms with van der Waals surface area (Å²) in [5.41, 5.74) is 2.54. The van der Waals surface area contributed by atoms with Gasteiger partial charge in [-0.15, -0.1) is 0 Å². The molecule has 1 aromatic carbocycles. The third-order valence-corrected chi connectivity index (χ3v) is 2.64. The molecule has 0 saturated carbocycles. The molecule has 0 aromatic heterocycles. The number of hydrogen-bond acceptors (Lipinski definition) is 2. The Balaban J connectivity index is 2.41. The molecular weight excluding hydrogens is 172 g/mol. The van der Waals surface area contributed by atoms with Crippen LogP contribution in [0.15, 0.2) is 36.7 Å². The maximum Gasteiger partial charge on any atom is 0.108 e. The van der Waals surface area contributed by atoms with Crippen molar-refractivity contribution in [3.8, 4) is 0 Å². The smallest absolute Gasteiger partial charge is 0.108 e. The van der Waals surface area contributed by atoms with Gasteiger partial charge in [-0.05, 0) is 32.4 Å². The second kappa shape index (κ2) is 3.05. The Kier molecular flexibility index (Phi) is 1.99. The molecule has 2 heteroatoms. The predicted molar refractivity (Wildman–Crippen MR) is 60.0 cm³/mol. The van der Waals surface area contributed by atoms with Crippen molar-refractivity contribution in [2.45, 2.75) is 26.4 Å². The average molecular weight is 188 g/mol. The number of para-hydroxylation sites is 1. The van der Waals surface area contributed by atoms with E-state index >= 15 is 0 Å². The van der Waals surface area contributed by atoms with E-state index in [4.69, 9.17) is 0 Å². The van der Waals surface area contributed by atoms with Crippen LogP contribution < -0.4 is 10.2 Å². The number of nitrogens with one attached hydrogen (secondary N) is 1. The third-order valence-electron chi connectivity index (χ3n) is 2.64. The van der Waals surface area contributed by atoms with E-state index in [1.54, 1.807) is 0 Å². The second-order valence-corrected chi connectivity index (χ2v) is 4.18. The summed E-state index contributed by atoms with van der Waals surface area (Å²) in [6.45, 7) is 6.47. The van der Waals surface area contributed by atoms with Crippen molar-refractivity contribution in [3.05, 3.63) is 42.2 Å². The van der Waals surface area contributed by atoms with Crippen molar-refractivity contribution in [1.29, 1.82) is 0 Å². The summed E-state index contributed by atoms with van der Waals surface area (Å²) >= 11 is 0. The number of nitrogens with zero attached hydrogens (tertiary/aromatic N) is 1. The van der Waals surface area contributed by atoms with Crippen LogP contribution in [0.4, 0.5) is 5.69 Å². The maximum absolute atomic E-state index is 3.32. The van der Waals surface area contributed by atoms with E-state index in [2.05, 4.69) is 61.5 Å². The average Bonchev–Trinajstić information content (AvgIpc) is 2.46. The van der Waals surface area contributed by atoms with Crippen LogP contribution >= 0.6 is 0 Å². The van der Waals surface area contributed by atoms with Gasteiger partial charge in [-0.1, -0.05) is 18.2 Å². The standard InChI is InChI=1S/C12H16N2/c1-10-6-4-5-7-11(10)14-9-8-13-12(14,2)3/h4-9,13H,1-3H3. The van der Waals surface area contributed by atoms with Gasteiger partial charge in [0.1, 0.15) is 5.66 Å². The lowest BCUT2D eigenvalue weighted by molar-refractivity contribution is 0.475. The summed E-state index contributed by atoms with van der Waals surface area (Å²) in [7, 11) is 0. The molecule has 14 heavy (non-hydrogen) atoms. The molecule has 0 bridgehead atoms. The molecule has 1 heterocycles. The van der Waals surface area contributed by atoms with Crippen molar-refractivity contribution in [3.63, 3.8) is 0 Å². The van der Waals surface area contributed by atoms with Gasteiger partial charge in [-0.2, -0.15) is 0 Å². The summed E-state index contributed by atoms with van der Waals surface area (Å²) in [5.74, 6) is 0. The van der Waals surface area contributed by atoms with Gasteiger partial charge >= 0.3 is 0 Å². The molecule has 1 aromatic rings. The molecule has 0 unspecified atom stereocenters. The van der Waals surface area contributed by atoms with Crippen LogP contribution in [-0.4, -0.2) is 5.66 Å². The summed E-state index contributed by atoms with van der Waals surface area (Å²) in [4.78, 5) is 2.25. The largest absolute Gasteiger partial charge is 0.368 e. The highest BCUT2D eigenvalue weighted by molar-refractivity contribution is 5.58. The fourth-order valence-electron chi connectivity index (χ4n) is 1.79. The highest BCUT2D eigenvalue weighted by Gasteiger charge is 2.28. The molecule has 0 radical (unpaired) electrons. The van der Waals surface area contributed by atoms with Crippen LogP contribution in [0.3, 0.4) is 0 Å². The first-order chi connectivity index (χ1) is 6.61. The van der Waals surface area contributed by atoms with E-state index in [-0.39, 0.29) is 5.66 Å². The summed E-state index contributed by atoms with van der Waals surface area (Å²) in [6, 6.07) is 8.43. The monoisotopic (exact) mass is 188 g/mol. The van der Waals surface area contributed by atoms with Gasteiger partial charge in [-0.25, -0.2) is 0 Å². The Morgan fingerprint density at radius 1 is 1.21 bits per heavy atom. The zero-order chi connectivity index (χ0) is 10.2. The Morgan fingerprint density at radius 2 is 1.93 bits per heavy atom. The molecule has 2 rings (SSSR count). The van der Waals surface area contributed by atoms with Crippen LogP contribution in [0, 0.1) is 6.92 Å². The molecule has 1 N–H and O–H groups in total. The van der Waals surface area contributed by atoms with E-state index in [9.17, 15) is 0 Å². The van der Waals surface area contributed by atoms with Crippen LogP contribution in [-0.2, 0) is 0 Å². The van der Waals surface area contributed by atoms with Gasteiger partial charge in [-0.3, -0.25) is 0 Å². The molecular formula is C12H16N2. The first kappa shape index (κ1) is 9.13. The minimum absolute atomic E-state index is 0.0217. The number of aryl methyl sites for hydroxylation is 1. The van der Waals surface area contributed by atoms with Gasteiger partial charge in [0.2, 0.25) is 0 Å².